The van der Waals surface area contributed by atoms with Gasteiger partial charge in [0.25, 0.3) is 0 Å². The molecule has 0 amide bonds. The van der Waals surface area contributed by atoms with E-state index in [0.29, 0.717) is 11.7 Å². The molecular formula is C17H18N6S. The quantitative estimate of drug-likeness (QED) is 0.377. The molecule has 3 aromatic rings. The maximum atomic E-state index is 6.32. The van der Waals surface area contributed by atoms with Crippen LogP contribution in [0.15, 0.2) is 65.7 Å². The molecule has 1 unspecified atom stereocenters. The van der Waals surface area contributed by atoms with Gasteiger partial charge in [-0.25, -0.2) is 4.99 Å². The molecule has 0 aliphatic carbocycles. The van der Waals surface area contributed by atoms with Gasteiger partial charge in [-0.15, -0.1) is 0 Å². The van der Waals surface area contributed by atoms with E-state index in [1.807, 2.05) is 67.6 Å². The standard InChI is InChI=1S/C17H18N6S/c1-12-16(23-24-22-12)21-17(20-14-10-6-3-7-11-14)15(18)19-13-8-4-2-5-9-13/h2-11,15,19H,18H2,1H3,(H,20,21,23). The van der Waals surface area contributed by atoms with Crippen molar-refractivity contribution in [2.75, 3.05) is 10.6 Å². The fourth-order valence-electron chi connectivity index (χ4n) is 2.07. The Kier molecular flexibility index (Phi) is 5.15. The van der Waals surface area contributed by atoms with E-state index in [9.17, 15) is 0 Å². The molecule has 3 rings (SSSR count). The number of nitrogens with two attached hydrogens (primary N) is 1. The molecule has 0 saturated carbocycles. The maximum absolute atomic E-state index is 6.32. The zero-order chi connectivity index (χ0) is 16.8. The Hall–Kier alpha value is -2.77. The Bertz CT molecular complexity index is 800. The van der Waals surface area contributed by atoms with Crippen molar-refractivity contribution in [3.8, 4) is 0 Å². The van der Waals surface area contributed by atoms with Gasteiger partial charge in [0, 0.05) is 11.4 Å². The molecule has 0 spiro atoms. The van der Waals surface area contributed by atoms with Crippen LogP contribution in [0.1, 0.15) is 5.69 Å². The van der Waals surface area contributed by atoms with Crippen molar-refractivity contribution in [1.82, 2.24) is 8.75 Å². The molecule has 122 valence electrons. The average molecular weight is 338 g/mol. The van der Waals surface area contributed by atoms with Gasteiger partial charge in [-0.2, -0.15) is 8.75 Å². The molecule has 7 heteroatoms. The van der Waals surface area contributed by atoms with Crippen LogP contribution in [0.2, 0.25) is 0 Å². The van der Waals surface area contributed by atoms with Crippen molar-refractivity contribution >= 4 is 34.8 Å². The van der Waals surface area contributed by atoms with Crippen molar-refractivity contribution in [3.63, 3.8) is 0 Å². The Morgan fingerprint density at radius 3 is 2.21 bits per heavy atom. The first kappa shape index (κ1) is 16.1. The van der Waals surface area contributed by atoms with E-state index in [1.165, 1.54) is 0 Å². The zero-order valence-corrected chi connectivity index (χ0v) is 14.0. The number of nitrogens with one attached hydrogen (secondary N) is 2. The Morgan fingerprint density at radius 2 is 1.62 bits per heavy atom. The van der Waals surface area contributed by atoms with Gasteiger partial charge in [-0.3, -0.25) is 0 Å². The van der Waals surface area contributed by atoms with Gasteiger partial charge in [-0.1, -0.05) is 36.4 Å². The van der Waals surface area contributed by atoms with Crippen molar-refractivity contribution in [2.24, 2.45) is 10.7 Å². The highest BCUT2D eigenvalue weighted by Gasteiger charge is 2.14. The number of aryl methyl sites for hydroxylation is 1. The van der Waals surface area contributed by atoms with E-state index in [0.717, 1.165) is 28.8 Å². The molecule has 0 saturated heterocycles. The molecule has 0 aliphatic heterocycles. The number of aromatic nitrogens is 2. The topological polar surface area (TPSA) is 88.2 Å². The fourth-order valence-corrected chi connectivity index (χ4v) is 2.56. The van der Waals surface area contributed by atoms with E-state index in [-0.39, 0.29) is 0 Å². The minimum Gasteiger partial charge on any atom is -0.364 e. The summed E-state index contributed by atoms with van der Waals surface area (Å²) in [6, 6.07) is 19.5. The summed E-state index contributed by atoms with van der Waals surface area (Å²) >= 11 is 1.13. The predicted molar refractivity (Wildman–Crippen MR) is 99.8 cm³/mol. The third-order valence-corrected chi connectivity index (χ3v) is 3.90. The van der Waals surface area contributed by atoms with Crippen molar-refractivity contribution in [3.05, 3.63) is 66.4 Å². The van der Waals surface area contributed by atoms with E-state index in [2.05, 4.69) is 24.4 Å². The van der Waals surface area contributed by atoms with E-state index < -0.39 is 6.17 Å². The van der Waals surface area contributed by atoms with Crippen LogP contribution in [0.25, 0.3) is 0 Å². The van der Waals surface area contributed by atoms with Crippen LogP contribution < -0.4 is 16.4 Å². The highest BCUT2D eigenvalue weighted by atomic mass is 32.1. The highest BCUT2D eigenvalue weighted by molar-refractivity contribution is 6.99. The van der Waals surface area contributed by atoms with Crippen molar-refractivity contribution in [2.45, 2.75) is 13.1 Å². The summed E-state index contributed by atoms with van der Waals surface area (Å²) in [5, 5.41) is 6.50. The minimum atomic E-state index is -0.520. The van der Waals surface area contributed by atoms with Crippen molar-refractivity contribution < 1.29 is 0 Å². The predicted octanol–water partition coefficient (Wildman–Crippen LogP) is 3.39. The van der Waals surface area contributed by atoms with Gasteiger partial charge in [-0.05, 0) is 31.2 Å². The second-order valence-electron chi connectivity index (χ2n) is 5.15. The molecule has 6 nitrogen and oxygen atoms in total. The van der Waals surface area contributed by atoms with Gasteiger partial charge >= 0.3 is 0 Å². The number of anilines is 2. The summed E-state index contributed by atoms with van der Waals surface area (Å²) < 4.78 is 8.36. The summed E-state index contributed by atoms with van der Waals surface area (Å²) in [5.74, 6) is 1.14. The van der Waals surface area contributed by atoms with Crippen molar-refractivity contribution in [1.29, 1.82) is 0 Å². The molecule has 1 atom stereocenters. The Balaban J connectivity index is 1.86. The van der Waals surface area contributed by atoms with E-state index in [4.69, 9.17) is 5.73 Å². The van der Waals surface area contributed by atoms with Crippen LogP contribution >= 0.6 is 11.7 Å². The van der Waals surface area contributed by atoms with Crippen LogP contribution in [-0.2, 0) is 0 Å². The molecule has 1 heterocycles. The Labute approximate surface area is 144 Å². The third kappa shape index (κ3) is 4.15. The lowest BCUT2D eigenvalue weighted by Gasteiger charge is -2.19. The van der Waals surface area contributed by atoms with E-state index >= 15 is 0 Å². The SMILES string of the molecule is Cc1nsnc1N=C(Nc1ccccc1)C(N)Nc1ccccc1. The largest absolute Gasteiger partial charge is 0.364 e. The number of aliphatic imine (C=N–C) groups is 1. The molecule has 0 bridgehead atoms. The first-order chi connectivity index (χ1) is 11.7. The number of hydrogen-bond donors (Lipinski definition) is 3. The number of rotatable bonds is 5. The van der Waals surface area contributed by atoms with Crippen LogP contribution in [0.3, 0.4) is 0 Å². The van der Waals surface area contributed by atoms with Crippen LogP contribution in [0.5, 0.6) is 0 Å². The summed E-state index contributed by atoms with van der Waals surface area (Å²) in [6.07, 6.45) is -0.520. The number of para-hydroxylation sites is 2. The van der Waals surface area contributed by atoms with Gasteiger partial charge in [0.05, 0.1) is 17.4 Å². The number of nitrogens with zero attached hydrogens (tertiary/aromatic N) is 3. The summed E-state index contributed by atoms with van der Waals surface area (Å²) in [7, 11) is 0. The first-order valence-corrected chi connectivity index (χ1v) is 8.22. The Morgan fingerprint density at radius 1 is 1.00 bits per heavy atom. The van der Waals surface area contributed by atoms with Gasteiger partial charge < -0.3 is 16.4 Å². The lowest BCUT2D eigenvalue weighted by atomic mass is 10.3. The van der Waals surface area contributed by atoms with Gasteiger partial charge in [0.15, 0.2) is 5.82 Å². The second-order valence-corrected chi connectivity index (χ2v) is 5.68. The monoisotopic (exact) mass is 338 g/mol. The molecule has 0 aliphatic rings. The first-order valence-electron chi connectivity index (χ1n) is 7.49. The van der Waals surface area contributed by atoms with Crippen LogP contribution in [0.4, 0.5) is 17.2 Å². The summed E-state index contributed by atoms with van der Waals surface area (Å²) in [4.78, 5) is 4.56. The van der Waals surface area contributed by atoms with Gasteiger partial charge in [0.1, 0.15) is 12.0 Å². The van der Waals surface area contributed by atoms with E-state index in [1.54, 1.807) is 0 Å². The molecule has 1 aromatic heterocycles. The molecular weight excluding hydrogens is 320 g/mol. The normalized spacial score (nSPS) is 12.7. The smallest absolute Gasteiger partial charge is 0.190 e. The molecule has 2 aromatic carbocycles. The second kappa shape index (κ2) is 7.67. The zero-order valence-electron chi connectivity index (χ0n) is 13.2. The lowest BCUT2D eigenvalue weighted by Crippen LogP contribution is -2.42. The third-order valence-electron chi connectivity index (χ3n) is 3.29. The molecule has 0 fully saturated rings. The molecule has 24 heavy (non-hydrogen) atoms. The van der Waals surface area contributed by atoms with Gasteiger partial charge in [0.2, 0.25) is 0 Å². The maximum Gasteiger partial charge on any atom is 0.190 e. The number of hydrogen-bond acceptors (Lipinski definition) is 6. The molecule has 0 radical (unpaired) electrons. The number of benzene rings is 2. The fraction of sp³-hybridized carbons (Fsp3) is 0.118. The summed E-state index contributed by atoms with van der Waals surface area (Å²) in [5.41, 5.74) is 8.91. The average Bonchev–Trinajstić information content (AvgIpc) is 3.01. The highest BCUT2D eigenvalue weighted by Crippen LogP contribution is 2.17. The minimum absolute atomic E-state index is 0.520. The summed E-state index contributed by atoms with van der Waals surface area (Å²) in [6.45, 7) is 1.87. The lowest BCUT2D eigenvalue weighted by molar-refractivity contribution is 0.982. The molecule has 4 N–H and O–H groups in total. The van der Waals surface area contributed by atoms with Crippen LogP contribution in [0, 0.1) is 6.92 Å². The number of amidine groups is 1. The van der Waals surface area contributed by atoms with Crippen LogP contribution in [-0.4, -0.2) is 20.7 Å².